The third-order valence-corrected chi connectivity index (χ3v) is 5.11. The van der Waals surface area contributed by atoms with Gasteiger partial charge in [0.05, 0.1) is 11.6 Å². The van der Waals surface area contributed by atoms with Gasteiger partial charge < -0.3 is 4.90 Å². The van der Waals surface area contributed by atoms with Crippen LogP contribution in [0.25, 0.3) is 0 Å². The SMILES string of the molecule is CN1C2CCC1CC(C(=O)Cc1ccc(F)cc1C#N)C2. The van der Waals surface area contributed by atoms with E-state index in [1.54, 1.807) is 6.07 Å². The Morgan fingerprint density at radius 3 is 2.67 bits per heavy atom. The van der Waals surface area contributed by atoms with Gasteiger partial charge in [-0.05, 0) is 50.4 Å². The van der Waals surface area contributed by atoms with Crippen LogP contribution in [0, 0.1) is 23.1 Å². The number of halogens is 1. The number of fused-ring (bicyclic) bond motifs is 2. The van der Waals surface area contributed by atoms with Crippen LogP contribution in [-0.2, 0) is 11.2 Å². The Bertz CT molecular complexity index is 593. The van der Waals surface area contributed by atoms with Crippen LogP contribution in [-0.4, -0.2) is 29.8 Å². The average molecular weight is 286 g/mol. The van der Waals surface area contributed by atoms with Crippen molar-refractivity contribution < 1.29 is 9.18 Å². The molecule has 0 amide bonds. The van der Waals surface area contributed by atoms with Crippen molar-refractivity contribution in [3.05, 3.63) is 35.1 Å². The molecule has 1 aromatic rings. The van der Waals surface area contributed by atoms with Crippen LogP contribution in [0.4, 0.5) is 4.39 Å². The number of carbonyl (C=O) groups is 1. The molecule has 0 spiro atoms. The molecule has 2 bridgehead atoms. The van der Waals surface area contributed by atoms with Gasteiger partial charge in [-0.15, -0.1) is 0 Å². The first kappa shape index (κ1) is 14.2. The molecular weight excluding hydrogens is 267 g/mol. The first-order valence-electron chi connectivity index (χ1n) is 7.51. The predicted octanol–water partition coefficient (Wildman–Crippen LogP) is 2.68. The molecule has 2 aliphatic heterocycles. The second kappa shape index (κ2) is 5.57. The summed E-state index contributed by atoms with van der Waals surface area (Å²) in [5, 5.41) is 9.06. The normalized spacial score (nSPS) is 28.3. The van der Waals surface area contributed by atoms with E-state index in [0.29, 0.717) is 17.6 Å². The molecule has 2 heterocycles. The monoisotopic (exact) mass is 286 g/mol. The maximum absolute atomic E-state index is 13.1. The molecular formula is C17H19FN2O. The van der Waals surface area contributed by atoms with E-state index in [4.69, 9.17) is 5.26 Å². The minimum absolute atomic E-state index is 0.0929. The van der Waals surface area contributed by atoms with Gasteiger partial charge in [0, 0.05) is 24.4 Å². The van der Waals surface area contributed by atoms with Crippen LogP contribution in [0.2, 0.25) is 0 Å². The molecule has 2 fully saturated rings. The fourth-order valence-corrected chi connectivity index (χ4v) is 3.81. The van der Waals surface area contributed by atoms with Gasteiger partial charge >= 0.3 is 0 Å². The summed E-state index contributed by atoms with van der Waals surface area (Å²) in [6.45, 7) is 0. The van der Waals surface area contributed by atoms with E-state index in [9.17, 15) is 9.18 Å². The van der Waals surface area contributed by atoms with Crippen LogP contribution in [0.1, 0.15) is 36.8 Å². The average Bonchev–Trinajstić information content (AvgIpc) is 2.70. The van der Waals surface area contributed by atoms with Gasteiger partial charge in [0.1, 0.15) is 11.6 Å². The van der Waals surface area contributed by atoms with E-state index in [0.717, 1.165) is 12.8 Å². The molecule has 0 aromatic heterocycles. The van der Waals surface area contributed by atoms with Crippen molar-refractivity contribution in [3.8, 4) is 6.07 Å². The van der Waals surface area contributed by atoms with Crippen LogP contribution >= 0.6 is 0 Å². The van der Waals surface area contributed by atoms with E-state index < -0.39 is 5.82 Å². The van der Waals surface area contributed by atoms with Gasteiger partial charge in [-0.25, -0.2) is 4.39 Å². The fraction of sp³-hybridized carbons (Fsp3) is 0.529. The van der Waals surface area contributed by atoms with Crippen molar-refractivity contribution in [1.82, 2.24) is 4.90 Å². The van der Waals surface area contributed by atoms with Crippen LogP contribution in [0.5, 0.6) is 0 Å². The second-order valence-electron chi connectivity index (χ2n) is 6.28. The van der Waals surface area contributed by atoms with Crippen molar-refractivity contribution in [2.45, 2.75) is 44.2 Å². The number of nitrogens with zero attached hydrogens (tertiary/aromatic N) is 2. The van der Waals surface area contributed by atoms with Crippen molar-refractivity contribution in [2.75, 3.05) is 7.05 Å². The van der Waals surface area contributed by atoms with E-state index >= 15 is 0 Å². The zero-order chi connectivity index (χ0) is 15.0. The molecule has 0 N–H and O–H groups in total. The quantitative estimate of drug-likeness (QED) is 0.858. The molecule has 21 heavy (non-hydrogen) atoms. The Hall–Kier alpha value is -1.73. The lowest BCUT2D eigenvalue weighted by Crippen LogP contribution is -2.42. The number of hydrogen-bond donors (Lipinski definition) is 0. The predicted molar refractivity (Wildman–Crippen MR) is 77.1 cm³/mol. The van der Waals surface area contributed by atoms with Gasteiger partial charge in [-0.2, -0.15) is 5.26 Å². The Morgan fingerprint density at radius 1 is 1.38 bits per heavy atom. The summed E-state index contributed by atoms with van der Waals surface area (Å²) < 4.78 is 13.1. The number of piperidine rings is 1. The van der Waals surface area contributed by atoms with Gasteiger partial charge in [-0.1, -0.05) is 6.07 Å². The molecule has 3 nitrogen and oxygen atoms in total. The molecule has 4 heteroatoms. The molecule has 2 unspecified atom stereocenters. The largest absolute Gasteiger partial charge is 0.300 e. The molecule has 110 valence electrons. The molecule has 0 radical (unpaired) electrons. The summed E-state index contributed by atoms with van der Waals surface area (Å²) in [5.41, 5.74) is 0.925. The molecule has 0 aliphatic carbocycles. The molecule has 2 atom stereocenters. The highest BCUT2D eigenvalue weighted by atomic mass is 19.1. The number of Topliss-reactive ketones (excluding diaryl/α,β-unsaturated/α-hetero) is 1. The molecule has 1 aromatic carbocycles. The standard InChI is InChI=1S/C17H19FN2O/c1-20-15-4-5-16(20)8-12(7-15)17(21)9-11-2-3-14(18)6-13(11)10-19/h2-3,6,12,15-16H,4-5,7-9H2,1H3. The summed E-state index contributed by atoms with van der Waals surface area (Å²) in [6.07, 6.45) is 4.47. The van der Waals surface area contributed by atoms with Gasteiger partial charge in [0.2, 0.25) is 0 Å². The lowest BCUT2D eigenvalue weighted by atomic mass is 9.85. The van der Waals surface area contributed by atoms with Gasteiger partial charge in [0.15, 0.2) is 0 Å². The lowest BCUT2D eigenvalue weighted by Gasteiger charge is -2.35. The van der Waals surface area contributed by atoms with Crippen LogP contribution in [0.3, 0.4) is 0 Å². The smallest absolute Gasteiger partial charge is 0.140 e. The van der Waals surface area contributed by atoms with E-state index in [1.807, 2.05) is 6.07 Å². The molecule has 2 aliphatic rings. The Morgan fingerprint density at radius 2 is 2.05 bits per heavy atom. The van der Waals surface area contributed by atoms with Crippen molar-refractivity contribution in [2.24, 2.45) is 5.92 Å². The highest BCUT2D eigenvalue weighted by Crippen LogP contribution is 2.38. The summed E-state index contributed by atoms with van der Waals surface area (Å²) >= 11 is 0. The zero-order valence-corrected chi connectivity index (χ0v) is 12.2. The highest BCUT2D eigenvalue weighted by Gasteiger charge is 2.40. The minimum atomic E-state index is -0.430. The maximum Gasteiger partial charge on any atom is 0.140 e. The van der Waals surface area contributed by atoms with Crippen molar-refractivity contribution in [1.29, 1.82) is 5.26 Å². The number of hydrogen-bond acceptors (Lipinski definition) is 3. The summed E-state index contributed by atoms with van der Waals surface area (Å²) in [6, 6.07) is 7.13. The van der Waals surface area contributed by atoms with Crippen LogP contribution in [0.15, 0.2) is 18.2 Å². The minimum Gasteiger partial charge on any atom is -0.300 e. The third-order valence-electron chi connectivity index (χ3n) is 5.11. The molecule has 0 saturated carbocycles. The summed E-state index contributed by atoms with van der Waals surface area (Å²) in [5.74, 6) is -0.140. The van der Waals surface area contributed by atoms with E-state index in [2.05, 4.69) is 11.9 Å². The van der Waals surface area contributed by atoms with Crippen molar-refractivity contribution >= 4 is 5.78 Å². The first-order valence-corrected chi connectivity index (χ1v) is 7.51. The van der Waals surface area contributed by atoms with Gasteiger partial charge in [0.25, 0.3) is 0 Å². The fourth-order valence-electron chi connectivity index (χ4n) is 3.81. The Balaban J connectivity index is 1.72. The second-order valence-corrected chi connectivity index (χ2v) is 6.28. The molecule has 3 rings (SSSR count). The Labute approximate surface area is 124 Å². The number of benzene rings is 1. The summed E-state index contributed by atoms with van der Waals surface area (Å²) in [7, 11) is 2.15. The maximum atomic E-state index is 13.1. The zero-order valence-electron chi connectivity index (χ0n) is 12.2. The topological polar surface area (TPSA) is 44.1 Å². The highest BCUT2D eigenvalue weighted by molar-refractivity contribution is 5.84. The van der Waals surface area contributed by atoms with Crippen molar-refractivity contribution in [3.63, 3.8) is 0 Å². The molecule has 2 saturated heterocycles. The van der Waals surface area contributed by atoms with E-state index in [-0.39, 0.29) is 23.7 Å². The van der Waals surface area contributed by atoms with E-state index in [1.165, 1.54) is 25.0 Å². The van der Waals surface area contributed by atoms with Crippen LogP contribution < -0.4 is 0 Å². The first-order chi connectivity index (χ1) is 10.1. The Kier molecular flexibility index (Phi) is 3.77. The lowest BCUT2D eigenvalue weighted by molar-refractivity contribution is -0.124. The third kappa shape index (κ3) is 2.71. The number of rotatable bonds is 3. The summed E-state index contributed by atoms with van der Waals surface area (Å²) in [4.78, 5) is 14.9. The number of nitriles is 1. The number of carbonyl (C=O) groups excluding carboxylic acids is 1. The number of ketones is 1. The van der Waals surface area contributed by atoms with Gasteiger partial charge in [-0.3, -0.25) is 4.79 Å².